The minimum Gasteiger partial charge on any atom is -0.372 e. The fraction of sp³-hybridized carbons (Fsp3) is 0.500. The number of anilines is 1. The first-order valence-electron chi connectivity index (χ1n) is 5.76. The molecule has 3 N–H and O–H groups in total. The standard InChI is InChI=1S/C12H19N5/c1-9-6-10(12(2,3)7-13)16-11(15-9)17-5-4-14-8-17/h4-6,14H,7-8,13H2,1-3H3. The van der Waals surface area contributed by atoms with Crippen molar-refractivity contribution in [1.29, 1.82) is 0 Å². The Morgan fingerprint density at radius 2 is 2.24 bits per heavy atom. The molecule has 0 aliphatic carbocycles. The fourth-order valence-corrected chi connectivity index (χ4v) is 1.62. The van der Waals surface area contributed by atoms with E-state index in [4.69, 9.17) is 5.73 Å². The van der Waals surface area contributed by atoms with Crippen molar-refractivity contribution in [3.63, 3.8) is 0 Å². The second-order valence-electron chi connectivity index (χ2n) is 4.93. The summed E-state index contributed by atoms with van der Waals surface area (Å²) in [6.07, 6.45) is 3.83. The Balaban J connectivity index is 2.38. The molecule has 92 valence electrons. The van der Waals surface area contributed by atoms with Gasteiger partial charge < -0.3 is 11.1 Å². The summed E-state index contributed by atoms with van der Waals surface area (Å²) in [7, 11) is 0. The first kappa shape index (κ1) is 11.9. The van der Waals surface area contributed by atoms with E-state index in [-0.39, 0.29) is 5.41 Å². The molecule has 1 aliphatic rings. The highest BCUT2D eigenvalue weighted by Crippen LogP contribution is 2.22. The molecule has 0 unspecified atom stereocenters. The zero-order valence-corrected chi connectivity index (χ0v) is 10.6. The lowest BCUT2D eigenvalue weighted by atomic mass is 9.89. The van der Waals surface area contributed by atoms with Gasteiger partial charge in [-0.05, 0) is 13.0 Å². The van der Waals surface area contributed by atoms with Crippen LogP contribution in [0.5, 0.6) is 0 Å². The number of nitrogens with one attached hydrogen (secondary N) is 1. The molecule has 5 nitrogen and oxygen atoms in total. The van der Waals surface area contributed by atoms with Crippen LogP contribution >= 0.6 is 0 Å². The van der Waals surface area contributed by atoms with Gasteiger partial charge in [0.25, 0.3) is 0 Å². The van der Waals surface area contributed by atoms with Crippen LogP contribution in [0.4, 0.5) is 5.95 Å². The number of rotatable bonds is 3. The molecular formula is C12H19N5. The molecule has 0 bridgehead atoms. The molecule has 0 aromatic carbocycles. The van der Waals surface area contributed by atoms with E-state index in [1.807, 2.05) is 30.3 Å². The Morgan fingerprint density at radius 3 is 2.82 bits per heavy atom. The van der Waals surface area contributed by atoms with Gasteiger partial charge in [-0.2, -0.15) is 0 Å². The van der Waals surface area contributed by atoms with Crippen molar-refractivity contribution in [3.8, 4) is 0 Å². The Morgan fingerprint density at radius 1 is 1.47 bits per heavy atom. The Hall–Kier alpha value is -1.62. The highest BCUT2D eigenvalue weighted by atomic mass is 15.3. The largest absolute Gasteiger partial charge is 0.372 e. The number of nitrogens with zero attached hydrogens (tertiary/aromatic N) is 3. The van der Waals surface area contributed by atoms with Crippen LogP contribution in [-0.4, -0.2) is 23.2 Å². The van der Waals surface area contributed by atoms with E-state index in [1.165, 1.54) is 0 Å². The van der Waals surface area contributed by atoms with Crippen LogP contribution in [-0.2, 0) is 5.41 Å². The molecule has 0 saturated heterocycles. The molecule has 1 aromatic heterocycles. The second-order valence-corrected chi connectivity index (χ2v) is 4.93. The lowest BCUT2D eigenvalue weighted by molar-refractivity contribution is 0.519. The van der Waals surface area contributed by atoms with Crippen molar-refractivity contribution in [3.05, 3.63) is 29.9 Å². The molecule has 0 atom stereocenters. The first-order valence-corrected chi connectivity index (χ1v) is 5.76. The van der Waals surface area contributed by atoms with Crippen LogP contribution in [0, 0.1) is 6.92 Å². The average Bonchev–Trinajstić information content (AvgIpc) is 2.81. The second kappa shape index (κ2) is 4.33. The number of hydrogen-bond donors (Lipinski definition) is 2. The smallest absolute Gasteiger partial charge is 0.231 e. The fourth-order valence-electron chi connectivity index (χ4n) is 1.62. The molecule has 0 fully saturated rings. The topological polar surface area (TPSA) is 67.1 Å². The monoisotopic (exact) mass is 233 g/mol. The summed E-state index contributed by atoms with van der Waals surface area (Å²) in [6, 6.07) is 2.00. The minimum absolute atomic E-state index is 0.126. The van der Waals surface area contributed by atoms with Gasteiger partial charge in [-0.1, -0.05) is 13.8 Å². The molecule has 2 rings (SSSR count). The van der Waals surface area contributed by atoms with Gasteiger partial charge >= 0.3 is 0 Å². The highest BCUT2D eigenvalue weighted by Gasteiger charge is 2.22. The van der Waals surface area contributed by atoms with Crippen molar-refractivity contribution >= 4 is 5.95 Å². The average molecular weight is 233 g/mol. The molecule has 0 spiro atoms. The summed E-state index contributed by atoms with van der Waals surface area (Å²) in [5.41, 5.74) is 7.62. The van der Waals surface area contributed by atoms with E-state index in [0.29, 0.717) is 13.2 Å². The quantitative estimate of drug-likeness (QED) is 0.810. The van der Waals surface area contributed by atoms with Crippen LogP contribution in [0.2, 0.25) is 0 Å². The molecule has 1 aromatic rings. The predicted molar refractivity (Wildman–Crippen MR) is 68.5 cm³/mol. The number of nitrogens with two attached hydrogens (primary N) is 1. The predicted octanol–water partition coefficient (Wildman–Crippen LogP) is 0.860. The maximum Gasteiger partial charge on any atom is 0.231 e. The first-order chi connectivity index (χ1) is 8.03. The lowest BCUT2D eigenvalue weighted by Gasteiger charge is -2.24. The molecule has 0 radical (unpaired) electrons. The van der Waals surface area contributed by atoms with Crippen LogP contribution in [0.25, 0.3) is 0 Å². The summed E-state index contributed by atoms with van der Waals surface area (Å²) in [5.74, 6) is 0.725. The number of hydrogen-bond acceptors (Lipinski definition) is 5. The SMILES string of the molecule is Cc1cc(C(C)(C)CN)nc(N2C=CNC2)n1. The van der Waals surface area contributed by atoms with Crippen LogP contribution < -0.4 is 16.0 Å². The normalized spacial score (nSPS) is 15.2. The Bertz CT molecular complexity index is 439. The molecular weight excluding hydrogens is 214 g/mol. The summed E-state index contributed by atoms with van der Waals surface area (Å²) < 4.78 is 0. The van der Waals surface area contributed by atoms with E-state index in [2.05, 4.69) is 29.1 Å². The van der Waals surface area contributed by atoms with E-state index in [9.17, 15) is 0 Å². The van der Waals surface area contributed by atoms with E-state index >= 15 is 0 Å². The van der Waals surface area contributed by atoms with Crippen molar-refractivity contribution in [1.82, 2.24) is 15.3 Å². The zero-order valence-electron chi connectivity index (χ0n) is 10.6. The number of aryl methyl sites for hydroxylation is 1. The molecule has 0 saturated carbocycles. The Labute approximate surface area is 102 Å². The summed E-state index contributed by atoms with van der Waals surface area (Å²) in [4.78, 5) is 11.0. The summed E-state index contributed by atoms with van der Waals surface area (Å²) in [5, 5.41) is 3.10. The van der Waals surface area contributed by atoms with E-state index in [0.717, 1.165) is 17.3 Å². The molecule has 2 heterocycles. The van der Waals surface area contributed by atoms with Gasteiger partial charge in [-0.25, -0.2) is 9.97 Å². The zero-order chi connectivity index (χ0) is 12.5. The third-order valence-electron chi connectivity index (χ3n) is 2.94. The maximum absolute atomic E-state index is 5.79. The van der Waals surface area contributed by atoms with Gasteiger partial charge in [-0.3, -0.25) is 4.90 Å². The summed E-state index contributed by atoms with van der Waals surface area (Å²) in [6.45, 7) is 7.45. The molecule has 1 aliphatic heterocycles. The maximum atomic E-state index is 5.79. The molecule has 5 heteroatoms. The number of aromatic nitrogens is 2. The van der Waals surface area contributed by atoms with E-state index < -0.39 is 0 Å². The van der Waals surface area contributed by atoms with Gasteiger partial charge in [0, 0.05) is 30.1 Å². The van der Waals surface area contributed by atoms with Crippen LogP contribution in [0.15, 0.2) is 18.5 Å². The third-order valence-corrected chi connectivity index (χ3v) is 2.94. The van der Waals surface area contributed by atoms with Crippen molar-refractivity contribution < 1.29 is 0 Å². The van der Waals surface area contributed by atoms with Gasteiger partial charge in [-0.15, -0.1) is 0 Å². The van der Waals surface area contributed by atoms with Crippen LogP contribution in [0.1, 0.15) is 25.2 Å². The van der Waals surface area contributed by atoms with E-state index in [1.54, 1.807) is 0 Å². The summed E-state index contributed by atoms with van der Waals surface area (Å²) >= 11 is 0. The van der Waals surface area contributed by atoms with Gasteiger partial charge in [0.2, 0.25) is 5.95 Å². The third kappa shape index (κ3) is 2.39. The van der Waals surface area contributed by atoms with Crippen molar-refractivity contribution in [2.75, 3.05) is 18.1 Å². The van der Waals surface area contributed by atoms with Crippen LogP contribution in [0.3, 0.4) is 0 Å². The lowest BCUT2D eigenvalue weighted by Crippen LogP contribution is -2.31. The molecule has 0 amide bonds. The van der Waals surface area contributed by atoms with Gasteiger partial charge in [0.05, 0.1) is 12.4 Å². The molecule has 17 heavy (non-hydrogen) atoms. The Kier molecular flexibility index (Phi) is 3.02. The van der Waals surface area contributed by atoms with Crippen molar-refractivity contribution in [2.24, 2.45) is 5.73 Å². The van der Waals surface area contributed by atoms with Gasteiger partial charge in [0.15, 0.2) is 0 Å². The van der Waals surface area contributed by atoms with Gasteiger partial charge in [0.1, 0.15) is 0 Å². The highest BCUT2D eigenvalue weighted by molar-refractivity contribution is 5.39. The van der Waals surface area contributed by atoms with Crippen molar-refractivity contribution in [2.45, 2.75) is 26.2 Å². The minimum atomic E-state index is -0.126.